The van der Waals surface area contributed by atoms with Gasteiger partial charge in [-0.2, -0.15) is 0 Å². The predicted molar refractivity (Wildman–Crippen MR) is 69.2 cm³/mol. The molecule has 0 radical (unpaired) electrons. The molecule has 0 saturated carbocycles. The molecule has 98 valence electrons. The van der Waals surface area contributed by atoms with E-state index in [1.54, 1.807) is 25.6 Å². The van der Waals surface area contributed by atoms with E-state index >= 15 is 0 Å². The summed E-state index contributed by atoms with van der Waals surface area (Å²) >= 11 is 0. The maximum Gasteiger partial charge on any atom is 0.257 e. The third kappa shape index (κ3) is 2.79. The second kappa shape index (κ2) is 5.82. The van der Waals surface area contributed by atoms with E-state index in [0.717, 1.165) is 32.5 Å². The van der Waals surface area contributed by atoms with Gasteiger partial charge in [-0.05, 0) is 24.8 Å². The number of anilines is 1. The maximum atomic E-state index is 12.3. The molecular formula is C13H19N3O2. The minimum atomic E-state index is -0.0172. The van der Waals surface area contributed by atoms with Crippen molar-refractivity contribution in [3.63, 3.8) is 0 Å². The fourth-order valence-electron chi connectivity index (χ4n) is 2.29. The molecule has 2 rings (SSSR count). The summed E-state index contributed by atoms with van der Waals surface area (Å²) in [4.78, 5) is 18.1. The van der Waals surface area contributed by atoms with Crippen LogP contribution >= 0.6 is 0 Å². The van der Waals surface area contributed by atoms with E-state index in [1.807, 2.05) is 4.90 Å². The molecule has 0 aromatic carbocycles. The van der Waals surface area contributed by atoms with Gasteiger partial charge in [0.05, 0.1) is 5.56 Å². The monoisotopic (exact) mass is 249 g/mol. The Balaban J connectivity index is 1.98. The summed E-state index contributed by atoms with van der Waals surface area (Å²) in [6, 6.07) is 1.66. The van der Waals surface area contributed by atoms with Crippen LogP contribution in [0.2, 0.25) is 0 Å². The van der Waals surface area contributed by atoms with E-state index in [1.165, 1.54) is 0 Å². The lowest BCUT2D eigenvalue weighted by Gasteiger charge is -2.31. The van der Waals surface area contributed by atoms with Gasteiger partial charge in [0.15, 0.2) is 0 Å². The molecular weight excluding hydrogens is 230 g/mol. The second-order valence-corrected chi connectivity index (χ2v) is 4.65. The van der Waals surface area contributed by atoms with Crippen LogP contribution in [0.3, 0.4) is 0 Å². The van der Waals surface area contributed by atoms with E-state index in [2.05, 4.69) is 4.98 Å². The lowest BCUT2D eigenvalue weighted by atomic mass is 9.97. The van der Waals surface area contributed by atoms with Crippen molar-refractivity contribution in [2.75, 3.05) is 32.5 Å². The molecule has 2 N–H and O–H groups in total. The first-order chi connectivity index (χ1) is 8.72. The quantitative estimate of drug-likeness (QED) is 0.873. The first-order valence-corrected chi connectivity index (χ1v) is 6.20. The van der Waals surface area contributed by atoms with Gasteiger partial charge in [-0.1, -0.05) is 0 Å². The number of carbonyl (C=O) groups is 1. The van der Waals surface area contributed by atoms with Crippen LogP contribution in [-0.4, -0.2) is 42.6 Å². The molecule has 1 fully saturated rings. The first-order valence-electron chi connectivity index (χ1n) is 6.20. The van der Waals surface area contributed by atoms with E-state index in [9.17, 15) is 4.79 Å². The zero-order valence-electron chi connectivity index (χ0n) is 10.6. The number of methoxy groups -OCH3 is 1. The molecule has 18 heavy (non-hydrogen) atoms. The molecule has 5 heteroatoms. The normalized spacial score (nSPS) is 16.8. The van der Waals surface area contributed by atoms with E-state index < -0.39 is 0 Å². The summed E-state index contributed by atoms with van der Waals surface area (Å²) < 4.78 is 5.15. The fraction of sp³-hybridized carbons (Fsp3) is 0.538. The van der Waals surface area contributed by atoms with Gasteiger partial charge in [-0.15, -0.1) is 0 Å². The number of amides is 1. The lowest BCUT2D eigenvalue weighted by molar-refractivity contribution is 0.0614. The number of nitrogens with two attached hydrogens (primary N) is 1. The van der Waals surface area contributed by atoms with Crippen LogP contribution in [0.15, 0.2) is 18.5 Å². The molecule has 5 nitrogen and oxygen atoms in total. The van der Waals surface area contributed by atoms with Crippen LogP contribution < -0.4 is 5.73 Å². The minimum Gasteiger partial charge on any atom is -0.398 e. The molecule has 0 bridgehead atoms. The highest BCUT2D eigenvalue weighted by molar-refractivity contribution is 5.98. The molecule has 1 aliphatic heterocycles. The van der Waals surface area contributed by atoms with Gasteiger partial charge in [0.25, 0.3) is 5.91 Å². The highest BCUT2D eigenvalue weighted by Crippen LogP contribution is 2.20. The first kappa shape index (κ1) is 12.8. The predicted octanol–water partition coefficient (Wildman–Crippen LogP) is 1.16. The lowest BCUT2D eigenvalue weighted by Crippen LogP contribution is -2.39. The topological polar surface area (TPSA) is 68.5 Å². The summed E-state index contributed by atoms with van der Waals surface area (Å²) in [5.74, 6) is 0.543. The van der Waals surface area contributed by atoms with Crippen molar-refractivity contribution in [3.05, 3.63) is 24.0 Å². The van der Waals surface area contributed by atoms with Crippen LogP contribution in [0.1, 0.15) is 23.2 Å². The SMILES string of the molecule is COCC1CCN(C(=O)c2cnccc2N)CC1. The van der Waals surface area contributed by atoms with Crippen molar-refractivity contribution in [2.45, 2.75) is 12.8 Å². The molecule has 2 heterocycles. The number of hydrogen-bond donors (Lipinski definition) is 1. The molecule has 1 aromatic rings. The summed E-state index contributed by atoms with van der Waals surface area (Å²) in [6.45, 7) is 2.31. The van der Waals surface area contributed by atoms with Crippen LogP contribution in [0.4, 0.5) is 5.69 Å². The Morgan fingerprint density at radius 2 is 2.28 bits per heavy atom. The standard InChI is InChI=1S/C13H19N3O2/c1-18-9-10-3-6-16(7-4-10)13(17)11-8-15-5-2-12(11)14/h2,5,8,10H,3-4,6-7,9H2,1H3,(H2,14,15). The maximum absolute atomic E-state index is 12.3. The number of rotatable bonds is 3. The van der Waals surface area contributed by atoms with E-state index in [4.69, 9.17) is 10.5 Å². The van der Waals surface area contributed by atoms with Gasteiger partial charge in [-0.25, -0.2) is 0 Å². The van der Waals surface area contributed by atoms with Crippen molar-refractivity contribution >= 4 is 11.6 Å². The zero-order chi connectivity index (χ0) is 13.0. The van der Waals surface area contributed by atoms with Gasteiger partial charge < -0.3 is 15.4 Å². The Morgan fingerprint density at radius 1 is 1.56 bits per heavy atom. The molecule has 1 amide bonds. The number of nitrogen functional groups attached to an aromatic ring is 1. The van der Waals surface area contributed by atoms with Crippen molar-refractivity contribution in [1.82, 2.24) is 9.88 Å². The van der Waals surface area contributed by atoms with Gasteiger partial charge in [-0.3, -0.25) is 9.78 Å². The number of ether oxygens (including phenoxy) is 1. The van der Waals surface area contributed by atoms with Crippen LogP contribution in [0.25, 0.3) is 0 Å². The summed E-state index contributed by atoms with van der Waals surface area (Å²) in [7, 11) is 1.72. The molecule has 0 unspecified atom stereocenters. The van der Waals surface area contributed by atoms with Crippen molar-refractivity contribution in [1.29, 1.82) is 0 Å². The van der Waals surface area contributed by atoms with Crippen LogP contribution in [0.5, 0.6) is 0 Å². The highest BCUT2D eigenvalue weighted by Gasteiger charge is 2.24. The van der Waals surface area contributed by atoms with Gasteiger partial charge in [0, 0.05) is 44.9 Å². The van der Waals surface area contributed by atoms with Crippen LogP contribution in [-0.2, 0) is 4.74 Å². The number of nitrogens with zero attached hydrogens (tertiary/aromatic N) is 2. The van der Waals surface area contributed by atoms with Gasteiger partial charge in [0.1, 0.15) is 0 Å². The van der Waals surface area contributed by atoms with E-state index in [0.29, 0.717) is 17.2 Å². The summed E-state index contributed by atoms with van der Waals surface area (Å²) in [6.07, 6.45) is 5.11. The van der Waals surface area contributed by atoms with Crippen LogP contribution in [0, 0.1) is 5.92 Å². The molecule has 0 spiro atoms. The third-order valence-corrected chi connectivity index (χ3v) is 3.39. The Labute approximate surface area is 107 Å². The number of carbonyl (C=O) groups excluding carboxylic acids is 1. The molecule has 0 aliphatic carbocycles. The summed E-state index contributed by atoms with van der Waals surface area (Å²) in [5.41, 5.74) is 6.79. The number of pyridine rings is 1. The average molecular weight is 249 g/mol. The van der Waals surface area contributed by atoms with Crippen molar-refractivity contribution in [3.8, 4) is 0 Å². The average Bonchev–Trinajstić information content (AvgIpc) is 2.40. The van der Waals surface area contributed by atoms with Gasteiger partial charge >= 0.3 is 0 Å². The third-order valence-electron chi connectivity index (χ3n) is 3.39. The number of hydrogen-bond acceptors (Lipinski definition) is 4. The van der Waals surface area contributed by atoms with E-state index in [-0.39, 0.29) is 5.91 Å². The summed E-state index contributed by atoms with van der Waals surface area (Å²) in [5, 5.41) is 0. The Bertz CT molecular complexity index is 414. The van der Waals surface area contributed by atoms with Crippen molar-refractivity contribution < 1.29 is 9.53 Å². The molecule has 1 aromatic heterocycles. The zero-order valence-corrected chi connectivity index (χ0v) is 10.6. The largest absolute Gasteiger partial charge is 0.398 e. The van der Waals surface area contributed by atoms with Gasteiger partial charge in [0.2, 0.25) is 0 Å². The smallest absolute Gasteiger partial charge is 0.257 e. The minimum absolute atomic E-state index is 0.0172. The molecule has 1 aliphatic rings. The fourth-order valence-corrected chi connectivity index (χ4v) is 2.29. The Kier molecular flexibility index (Phi) is 4.15. The number of aromatic nitrogens is 1. The number of piperidine rings is 1. The Hall–Kier alpha value is -1.62. The Morgan fingerprint density at radius 3 is 2.89 bits per heavy atom. The molecule has 0 atom stereocenters. The highest BCUT2D eigenvalue weighted by atomic mass is 16.5. The van der Waals surface area contributed by atoms with Crippen molar-refractivity contribution in [2.24, 2.45) is 5.92 Å². The number of likely N-dealkylation sites (tertiary alicyclic amines) is 1. The second-order valence-electron chi connectivity index (χ2n) is 4.65. The molecule has 1 saturated heterocycles.